The average molecular weight is 228 g/mol. The summed E-state index contributed by atoms with van der Waals surface area (Å²) in [7, 11) is 1.77. The van der Waals surface area contributed by atoms with Crippen molar-refractivity contribution in [2.24, 2.45) is 5.92 Å². The maximum Gasteiger partial charge on any atom is 0.228 e. The number of β-amino-alcohol motifs (C(OH)–C–C–N with tert-alkyl or cyclic N) is 1. The number of likely N-dealkylation sites (N-methyl/N-ethyl adjacent to an activating group) is 1. The van der Waals surface area contributed by atoms with Crippen LogP contribution in [0.15, 0.2) is 0 Å². The summed E-state index contributed by atoms with van der Waals surface area (Å²) in [4.78, 5) is 13.8. The van der Waals surface area contributed by atoms with E-state index in [-0.39, 0.29) is 24.0 Å². The summed E-state index contributed by atoms with van der Waals surface area (Å²) in [5.41, 5.74) is 0. The van der Waals surface area contributed by atoms with Crippen LogP contribution in [0.2, 0.25) is 0 Å². The van der Waals surface area contributed by atoms with Crippen molar-refractivity contribution >= 4 is 5.91 Å². The van der Waals surface area contributed by atoms with E-state index >= 15 is 0 Å². The highest BCUT2D eigenvalue weighted by molar-refractivity contribution is 5.79. The molecule has 0 bridgehead atoms. The quantitative estimate of drug-likeness (QED) is 0.650. The fraction of sp³-hybridized carbons (Fsp3) is 0.909. The zero-order valence-electron chi connectivity index (χ0n) is 9.85. The van der Waals surface area contributed by atoms with Gasteiger partial charge in [0, 0.05) is 20.1 Å². The van der Waals surface area contributed by atoms with Gasteiger partial charge in [0.25, 0.3) is 0 Å². The molecule has 4 atom stereocenters. The van der Waals surface area contributed by atoms with Gasteiger partial charge in [0.15, 0.2) is 0 Å². The molecule has 2 saturated heterocycles. The molecule has 2 fully saturated rings. The summed E-state index contributed by atoms with van der Waals surface area (Å²) in [6, 6.07) is -0.0941. The minimum Gasteiger partial charge on any atom is -0.390 e. The number of aliphatic hydroxyl groups is 1. The number of carbonyl (C=O) groups excluding carboxylic acids is 1. The summed E-state index contributed by atoms with van der Waals surface area (Å²) >= 11 is 0. The highest BCUT2D eigenvalue weighted by Gasteiger charge is 2.36. The summed E-state index contributed by atoms with van der Waals surface area (Å²) in [5.74, 6) is 0.0601. The Balaban J connectivity index is 1.93. The molecule has 0 aliphatic carbocycles. The van der Waals surface area contributed by atoms with Crippen molar-refractivity contribution in [3.8, 4) is 0 Å². The first-order valence-electron chi connectivity index (χ1n) is 5.86. The average Bonchev–Trinajstić information content (AvgIpc) is 2.85. The lowest BCUT2D eigenvalue weighted by atomic mass is 10.0. The molecule has 2 aliphatic rings. The number of carbonyl (C=O) groups is 1. The Morgan fingerprint density at radius 1 is 1.50 bits per heavy atom. The van der Waals surface area contributed by atoms with Gasteiger partial charge in [-0.25, -0.2) is 0 Å². The Kier molecular flexibility index (Phi) is 3.47. The molecule has 0 radical (unpaired) electrons. The van der Waals surface area contributed by atoms with Gasteiger partial charge in [0.2, 0.25) is 5.91 Å². The largest absolute Gasteiger partial charge is 0.390 e. The van der Waals surface area contributed by atoms with Gasteiger partial charge in [-0.05, 0) is 13.3 Å². The number of hydrogen-bond donors (Lipinski definition) is 2. The van der Waals surface area contributed by atoms with Crippen molar-refractivity contribution in [1.82, 2.24) is 10.2 Å². The fourth-order valence-electron chi connectivity index (χ4n) is 2.49. The topological polar surface area (TPSA) is 61.8 Å². The van der Waals surface area contributed by atoms with Crippen LogP contribution in [0.1, 0.15) is 13.3 Å². The third-order valence-corrected chi connectivity index (χ3v) is 3.54. The van der Waals surface area contributed by atoms with Crippen molar-refractivity contribution in [3.05, 3.63) is 0 Å². The monoisotopic (exact) mass is 228 g/mol. The van der Waals surface area contributed by atoms with E-state index in [2.05, 4.69) is 5.32 Å². The minimum atomic E-state index is -0.450. The first-order chi connectivity index (χ1) is 7.59. The molecule has 2 N–H and O–H groups in total. The highest BCUT2D eigenvalue weighted by atomic mass is 16.5. The zero-order chi connectivity index (χ0) is 11.7. The molecule has 16 heavy (non-hydrogen) atoms. The predicted molar refractivity (Wildman–Crippen MR) is 59.0 cm³/mol. The summed E-state index contributed by atoms with van der Waals surface area (Å²) in [6.45, 7) is 3.74. The lowest BCUT2D eigenvalue weighted by Gasteiger charge is -2.28. The van der Waals surface area contributed by atoms with Crippen molar-refractivity contribution in [2.75, 3.05) is 26.7 Å². The molecule has 92 valence electrons. The molecule has 0 spiro atoms. The first kappa shape index (κ1) is 11.8. The molecule has 5 nitrogen and oxygen atoms in total. The maximum atomic E-state index is 12.1. The van der Waals surface area contributed by atoms with Crippen LogP contribution in [-0.2, 0) is 9.53 Å². The third kappa shape index (κ3) is 2.21. The van der Waals surface area contributed by atoms with E-state index in [4.69, 9.17) is 4.74 Å². The number of aliphatic hydroxyl groups excluding tert-OH is 1. The standard InChI is InChI=1S/C11H20N2O3/c1-7-3-8(6-16-7)11(15)13(2)9-4-12-5-10(9)14/h7-10,12,14H,3-6H2,1-2H3/t7?,8?,9-,10-/m1/s1. The molecular weight excluding hydrogens is 208 g/mol. The number of rotatable bonds is 2. The lowest BCUT2D eigenvalue weighted by Crippen LogP contribution is -2.46. The Labute approximate surface area is 95.8 Å². The van der Waals surface area contributed by atoms with Gasteiger partial charge in [-0.15, -0.1) is 0 Å². The van der Waals surface area contributed by atoms with E-state index in [1.54, 1.807) is 11.9 Å². The van der Waals surface area contributed by atoms with Crippen LogP contribution in [0.4, 0.5) is 0 Å². The van der Waals surface area contributed by atoms with Gasteiger partial charge in [-0.3, -0.25) is 4.79 Å². The van der Waals surface area contributed by atoms with Gasteiger partial charge >= 0.3 is 0 Å². The number of nitrogens with zero attached hydrogens (tertiary/aromatic N) is 1. The third-order valence-electron chi connectivity index (χ3n) is 3.54. The van der Waals surface area contributed by atoms with Crippen LogP contribution < -0.4 is 5.32 Å². The van der Waals surface area contributed by atoms with E-state index in [0.717, 1.165) is 6.42 Å². The molecule has 2 unspecified atom stereocenters. The normalized spacial score (nSPS) is 38.9. The molecule has 2 rings (SSSR count). The second-order valence-corrected chi connectivity index (χ2v) is 4.82. The van der Waals surface area contributed by atoms with Crippen LogP contribution in [0.25, 0.3) is 0 Å². The lowest BCUT2D eigenvalue weighted by molar-refractivity contribution is -0.137. The second kappa shape index (κ2) is 4.69. The Hall–Kier alpha value is -0.650. The molecular formula is C11H20N2O3. The Morgan fingerprint density at radius 2 is 2.25 bits per heavy atom. The maximum absolute atomic E-state index is 12.1. The van der Waals surface area contributed by atoms with Gasteiger partial charge in [0.05, 0.1) is 30.8 Å². The smallest absolute Gasteiger partial charge is 0.228 e. The molecule has 2 heterocycles. The van der Waals surface area contributed by atoms with Gasteiger partial charge in [-0.1, -0.05) is 0 Å². The number of nitrogens with one attached hydrogen (secondary N) is 1. The van der Waals surface area contributed by atoms with Crippen molar-refractivity contribution in [3.63, 3.8) is 0 Å². The van der Waals surface area contributed by atoms with Crippen LogP contribution in [0.3, 0.4) is 0 Å². The number of ether oxygens (including phenoxy) is 1. The van der Waals surface area contributed by atoms with Crippen molar-refractivity contribution < 1.29 is 14.6 Å². The Bertz CT molecular complexity index is 272. The van der Waals surface area contributed by atoms with Crippen molar-refractivity contribution in [2.45, 2.75) is 31.6 Å². The molecule has 0 aromatic heterocycles. The summed E-state index contributed by atoms with van der Waals surface area (Å²) < 4.78 is 5.40. The van der Waals surface area contributed by atoms with Crippen LogP contribution in [-0.4, -0.2) is 60.9 Å². The zero-order valence-corrected chi connectivity index (χ0v) is 9.85. The minimum absolute atomic E-state index is 0.0344. The summed E-state index contributed by atoms with van der Waals surface area (Å²) in [6.07, 6.45) is 0.516. The molecule has 0 saturated carbocycles. The molecule has 1 amide bonds. The van der Waals surface area contributed by atoms with Gasteiger partial charge in [0.1, 0.15) is 0 Å². The van der Waals surface area contributed by atoms with E-state index in [9.17, 15) is 9.90 Å². The molecule has 0 aromatic rings. The predicted octanol–water partition coefficient (Wildman–Crippen LogP) is -0.797. The molecule has 2 aliphatic heterocycles. The van der Waals surface area contributed by atoms with E-state index in [1.807, 2.05) is 6.92 Å². The molecule has 5 heteroatoms. The Morgan fingerprint density at radius 3 is 2.75 bits per heavy atom. The number of hydrogen-bond acceptors (Lipinski definition) is 4. The highest BCUT2D eigenvalue weighted by Crippen LogP contribution is 2.22. The second-order valence-electron chi connectivity index (χ2n) is 4.82. The van der Waals surface area contributed by atoms with Gasteiger partial charge in [-0.2, -0.15) is 0 Å². The summed E-state index contributed by atoms with van der Waals surface area (Å²) in [5, 5.41) is 12.8. The van der Waals surface area contributed by atoms with Crippen LogP contribution in [0, 0.1) is 5.92 Å². The SMILES string of the molecule is CC1CC(C(=O)N(C)[C@@H]2CNC[C@H]2O)CO1. The van der Waals surface area contributed by atoms with E-state index in [0.29, 0.717) is 19.7 Å². The number of amides is 1. The van der Waals surface area contributed by atoms with Crippen LogP contribution in [0.5, 0.6) is 0 Å². The fourth-order valence-corrected chi connectivity index (χ4v) is 2.49. The first-order valence-corrected chi connectivity index (χ1v) is 5.86. The van der Waals surface area contributed by atoms with Gasteiger partial charge < -0.3 is 20.1 Å². The van der Waals surface area contributed by atoms with Crippen molar-refractivity contribution in [1.29, 1.82) is 0 Å². The van der Waals surface area contributed by atoms with E-state index in [1.165, 1.54) is 0 Å². The van der Waals surface area contributed by atoms with E-state index < -0.39 is 6.10 Å². The molecule has 0 aromatic carbocycles. The van der Waals surface area contributed by atoms with Crippen LogP contribution >= 0.6 is 0 Å².